The highest BCUT2D eigenvalue weighted by Gasteiger charge is 2.34. The molecule has 0 atom stereocenters. The molecule has 4 heteroatoms. The molecular weight excluding hydrogens is 192 g/mol. The molecule has 15 heavy (non-hydrogen) atoms. The zero-order chi connectivity index (χ0) is 10.7. The summed E-state index contributed by atoms with van der Waals surface area (Å²) in [6.07, 6.45) is 3.15. The molecule has 0 unspecified atom stereocenters. The summed E-state index contributed by atoms with van der Waals surface area (Å²) in [6.45, 7) is 4.09. The molecule has 1 aliphatic heterocycles. The number of ether oxygens (including phenoxy) is 2. The van der Waals surface area contributed by atoms with Crippen LogP contribution in [0.2, 0.25) is 0 Å². The van der Waals surface area contributed by atoms with E-state index in [4.69, 9.17) is 14.7 Å². The maximum absolute atomic E-state index is 8.84. The van der Waals surface area contributed by atoms with E-state index in [0.29, 0.717) is 17.9 Å². The summed E-state index contributed by atoms with van der Waals surface area (Å²) in [6, 6.07) is 3.72. The second-order valence-corrected chi connectivity index (χ2v) is 4.08. The van der Waals surface area contributed by atoms with Crippen molar-refractivity contribution < 1.29 is 9.47 Å². The molecule has 78 valence electrons. The molecule has 2 rings (SSSR count). The van der Waals surface area contributed by atoms with Crippen molar-refractivity contribution >= 4 is 0 Å². The van der Waals surface area contributed by atoms with Crippen LogP contribution in [0.1, 0.15) is 12.5 Å². The lowest BCUT2D eigenvalue weighted by Crippen LogP contribution is -2.44. The maximum atomic E-state index is 8.84. The minimum absolute atomic E-state index is 0.0859. The van der Waals surface area contributed by atoms with Gasteiger partial charge in [-0.05, 0) is 6.07 Å². The Hall–Kier alpha value is -1.60. The largest absolute Gasteiger partial charge is 0.490 e. The van der Waals surface area contributed by atoms with Gasteiger partial charge in [0.1, 0.15) is 6.07 Å². The number of aromatic nitrogens is 1. The summed E-state index contributed by atoms with van der Waals surface area (Å²) >= 11 is 0. The number of pyridine rings is 1. The molecule has 0 bridgehead atoms. The molecule has 1 aromatic rings. The quantitative estimate of drug-likeness (QED) is 0.746. The van der Waals surface area contributed by atoms with Crippen LogP contribution in [0.3, 0.4) is 0 Å². The van der Waals surface area contributed by atoms with Crippen LogP contribution in [0, 0.1) is 16.7 Å². The van der Waals surface area contributed by atoms with Gasteiger partial charge < -0.3 is 9.47 Å². The third-order valence-electron chi connectivity index (χ3n) is 2.38. The Morgan fingerprint density at radius 3 is 3.07 bits per heavy atom. The van der Waals surface area contributed by atoms with Gasteiger partial charge in [0, 0.05) is 11.6 Å². The molecule has 4 nitrogen and oxygen atoms in total. The maximum Gasteiger partial charge on any atom is 0.155 e. The van der Waals surface area contributed by atoms with Crippen LogP contribution in [0.15, 0.2) is 18.5 Å². The van der Waals surface area contributed by atoms with E-state index in [0.717, 1.165) is 13.2 Å². The predicted octanol–water partition coefficient (Wildman–Crippen LogP) is 1.37. The van der Waals surface area contributed by atoms with E-state index in [1.165, 1.54) is 0 Å². The van der Waals surface area contributed by atoms with Gasteiger partial charge in [-0.1, -0.05) is 6.92 Å². The van der Waals surface area contributed by atoms with Crippen LogP contribution in [0.25, 0.3) is 0 Å². The van der Waals surface area contributed by atoms with E-state index in [1.807, 2.05) is 0 Å². The van der Waals surface area contributed by atoms with Gasteiger partial charge in [0.25, 0.3) is 0 Å². The number of nitriles is 1. The Morgan fingerprint density at radius 2 is 2.47 bits per heavy atom. The fourth-order valence-electron chi connectivity index (χ4n) is 1.37. The summed E-state index contributed by atoms with van der Waals surface area (Å²) in [5.41, 5.74) is 0.608. The van der Waals surface area contributed by atoms with Gasteiger partial charge in [-0.25, -0.2) is 0 Å². The van der Waals surface area contributed by atoms with Gasteiger partial charge in [0.15, 0.2) is 5.75 Å². The molecule has 1 fully saturated rings. The van der Waals surface area contributed by atoms with E-state index in [9.17, 15) is 0 Å². The third-order valence-corrected chi connectivity index (χ3v) is 2.38. The summed E-state index contributed by atoms with van der Waals surface area (Å²) in [5, 5.41) is 8.84. The summed E-state index contributed by atoms with van der Waals surface area (Å²) in [4.78, 5) is 3.93. The summed E-state index contributed by atoms with van der Waals surface area (Å²) < 4.78 is 10.7. The van der Waals surface area contributed by atoms with E-state index in [-0.39, 0.29) is 5.41 Å². The lowest BCUT2D eigenvalue weighted by atomic mass is 9.90. The SMILES string of the molecule is CC1(COc2cnccc2C#N)COC1. The fraction of sp³-hybridized carbons (Fsp3) is 0.455. The lowest BCUT2D eigenvalue weighted by molar-refractivity contribution is -0.120. The Balaban J connectivity index is 2.02. The molecule has 0 aliphatic carbocycles. The van der Waals surface area contributed by atoms with Crippen LogP contribution >= 0.6 is 0 Å². The second kappa shape index (κ2) is 3.87. The molecular formula is C11H12N2O2. The van der Waals surface area contributed by atoms with Crippen molar-refractivity contribution in [3.63, 3.8) is 0 Å². The predicted molar refractivity (Wildman–Crippen MR) is 53.4 cm³/mol. The lowest BCUT2D eigenvalue weighted by Gasteiger charge is -2.37. The smallest absolute Gasteiger partial charge is 0.155 e. The molecule has 0 spiro atoms. The van der Waals surface area contributed by atoms with Crippen LogP contribution in [-0.2, 0) is 4.74 Å². The highest BCUT2D eigenvalue weighted by molar-refractivity contribution is 5.40. The van der Waals surface area contributed by atoms with Gasteiger partial charge >= 0.3 is 0 Å². The summed E-state index contributed by atoms with van der Waals surface area (Å²) in [5.74, 6) is 0.549. The second-order valence-electron chi connectivity index (χ2n) is 4.08. The van der Waals surface area contributed by atoms with Gasteiger partial charge in [-0.2, -0.15) is 5.26 Å². The van der Waals surface area contributed by atoms with Crippen molar-refractivity contribution in [2.24, 2.45) is 5.41 Å². The van der Waals surface area contributed by atoms with Crippen molar-refractivity contribution in [3.8, 4) is 11.8 Å². The number of nitrogens with zero attached hydrogens (tertiary/aromatic N) is 2. The van der Waals surface area contributed by atoms with Crippen molar-refractivity contribution in [1.82, 2.24) is 4.98 Å². The number of hydrogen-bond acceptors (Lipinski definition) is 4. The topological polar surface area (TPSA) is 55.1 Å². The monoisotopic (exact) mass is 204 g/mol. The summed E-state index contributed by atoms with van der Waals surface area (Å²) in [7, 11) is 0. The minimum Gasteiger partial charge on any atom is -0.490 e. The van der Waals surface area contributed by atoms with Crippen molar-refractivity contribution in [2.45, 2.75) is 6.92 Å². The zero-order valence-electron chi connectivity index (χ0n) is 8.56. The first-order valence-corrected chi connectivity index (χ1v) is 4.78. The van der Waals surface area contributed by atoms with Gasteiger partial charge in [0.05, 0.1) is 31.6 Å². The number of hydrogen-bond donors (Lipinski definition) is 0. The first-order chi connectivity index (χ1) is 7.23. The highest BCUT2D eigenvalue weighted by atomic mass is 16.5. The first kappa shape index (κ1) is 9.94. The normalized spacial score (nSPS) is 17.6. The van der Waals surface area contributed by atoms with E-state index in [2.05, 4.69) is 18.0 Å². The van der Waals surface area contributed by atoms with Crippen molar-refractivity contribution in [1.29, 1.82) is 5.26 Å². The van der Waals surface area contributed by atoms with Crippen LogP contribution in [-0.4, -0.2) is 24.8 Å². The highest BCUT2D eigenvalue weighted by Crippen LogP contribution is 2.28. The van der Waals surface area contributed by atoms with Crippen molar-refractivity contribution in [3.05, 3.63) is 24.0 Å². The molecule has 0 N–H and O–H groups in total. The van der Waals surface area contributed by atoms with Crippen LogP contribution in [0.4, 0.5) is 0 Å². The Morgan fingerprint density at radius 1 is 1.67 bits per heavy atom. The average molecular weight is 204 g/mol. The number of rotatable bonds is 3. The molecule has 0 saturated carbocycles. The molecule has 2 heterocycles. The third kappa shape index (κ3) is 2.08. The molecule has 1 saturated heterocycles. The fourth-order valence-corrected chi connectivity index (χ4v) is 1.37. The molecule has 1 aliphatic rings. The molecule has 0 amide bonds. The Kier molecular flexibility index (Phi) is 2.57. The van der Waals surface area contributed by atoms with Gasteiger partial charge in [0.2, 0.25) is 0 Å². The Labute approximate surface area is 88.5 Å². The van der Waals surface area contributed by atoms with Crippen LogP contribution < -0.4 is 4.74 Å². The molecule has 0 radical (unpaired) electrons. The van der Waals surface area contributed by atoms with Gasteiger partial charge in [-0.3, -0.25) is 4.98 Å². The Bertz CT molecular complexity index is 394. The average Bonchev–Trinajstić information content (AvgIpc) is 2.24. The van der Waals surface area contributed by atoms with E-state index < -0.39 is 0 Å². The first-order valence-electron chi connectivity index (χ1n) is 4.78. The van der Waals surface area contributed by atoms with Crippen molar-refractivity contribution in [2.75, 3.05) is 19.8 Å². The minimum atomic E-state index is 0.0859. The molecule has 1 aromatic heterocycles. The zero-order valence-corrected chi connectivity index (χ0v) is 8.56. The standard InChI is InChI=1S/C11H12N2O2/c1-11(6-14-7-11)8-15-10-5-13-3-2-9(10)4-12/h2-3,5H,6-8H2,1H3. The van der Waals surface area contributed by atoms with Crippen LogP contribution in [0.5, 0.6) is 5.75 Å². The molecule has 0 aromatic carbocycles. The van der Waals surface area contributed by atoms with E-state index >= 15 is 0 Å². The van der Waals surface area contributed by atoms with E-state index in [1.54, 1.807) is 18.5 Å². The van der Waals surface area contributed by atoms with Gasteiger partial charge in [-0.15, -0.1) is 0 Å².